The van der Waals surface area contributed by atoms with Crippen molar-refractivity contribution in [1.82, 2.24) is 9.97 Å². The predicted octanol–water partition coefficient (Wildman–Crippen LogP) is 0.164. The largest absolute Gasteiger partial charge is 0.384 e. The molecule has 6 nitrogen and oxygen atoms in total. The Bertz CT molecular complexity index is 431. The number of aromatic nitrogens is 2. The number of ether oxygens (including phenoxy) is 1. The second-order valence-corrected chi connectivity index (χ2v) is 5.74. The van der Waals surface area contributed by atoms with Gasteiger partial charge in [-0.2, -0.15) is 0 Å². The van der Waals surface area contributed by atoms with Crippen molar-refractivity contribution in [2.45, 2.75) is 13.5 Å². The van der Waals surface area contributed by atoms with Crippen LogP contribution in [0.1, 0.15) is 12.7 Å². The van der Waals surface area contributed by atoms with Crippen LogP contribution < -0.4 is 10.6 Å². The molecule has 1 saturated heterocycles. The number of anilines is 2. The standard InChI is InChI=1S/C11H18N4O2S/c1-2-17-8-10-13-9(12)7-11(14-10)15-3-5-18(16)6-4-15/h7H,2-6,8H2,1H3,(H2,12,13,14). The predicted molar refractivity (Wildman–Crippen MR) is 71.9 cm³/mol. The molecule has 0 atom stereocenters. The zero-order valence-corrected chi connectivity index (χ0v) is 11.3. The molecule has 1 aliphatic rings. The number of nitrogens with zero attached hydrogens (tertiary/aromatic N) is 3. The molecule has 0 amide bonds. The van der Waals surface area contributed by atoms with E-state index < -0.39 is 10.8 Å². The fourth-order valence-electron chi connectivity index (χ4n) is 1.79. The molecule has 0 aromatic carbocycles. The Morgan fingerprint density at radius 3 is 2.83 bits per heavy atom. The van der Waals surface area contributed by atoms with Crippen molar-refractivity contribution in [2.24, 2.45) is 0 Å². The molecule has 2 N–H and O–H groups in total. The average molecular weight is 270 g/mol. The molecule has 1 aliphatic heterocycles. The van der Waals surface area contributed by atoms with E-state index in [1.807, 2.05) is 6.92 Å². The van der Waals surface area contributed by atoms with Gasteiger partial charge in [0.1, 0.15) is 18.2 Å². The highest BCUT2D eigenvalue weighted by molar-refractivity contribution is 7.85. The van der Waals surface area contributed by atoms with E-state index in [1.54, 1.807) is 6.07 Å². The molecule has 1 aromatic heterocycles. The highest BCUT2D eigenvalue weighted by Gasteiger charge is 2.17. The van der Waals surface area contributed by atoms with Crippen molar-refractivity contribution < 1.29 is 8.95 Å². The summed E-state index contributed by atoms with van der Waals surface area (Å²) in [6.07, 6.45) is 0. The molecule has 1 fully saturated rings. The fourth-order valence-corrected chi connectivity index (χ4v) is 2.84. The molecular formula is C11H18N4O2S. The quantitative estimate of drug-likeness (QED) is 0.839. The summed E-state index contributed by atoms with van der Waals surface area (Å²) in [5.74, 6) is 3.21. The third kappa shape index (κ3) is 3.39. The van der Waals surface area contributed by atoms with Gasteiger partial charge in [0.05, 0.1) is 0 Å². The fraction of sp³-hybridized carbons (Fsp3) is 0.636. The second kappa shape index (κ2) is 6.10. The minimum absolute atomic E-state index is 0.369. The Kier molecular flexibility index (Phi) is 4.48. The first-order valence-corrected chi connectivity index (χ1v) is 7.49. The molecule has 1 aromatic rings. The summed E-state index contributed by atoms with van der Waals surface area (Å²) in [4.78, 5) is 10.7. The van der Waals surface area contributed by atoms with Gasteiger partial charge in [0.25, 0.3) is 0 Å². The minimum Gasteiger partial charge on any atom is -0.384 e. The van der Waals surface area contributed by atoms with Crippen LogP contribution in [0.4, 0.5) is 11.6 Å². The minimum atomic E-state index is -0.691. The number of nitrogens with two attached hydrogens (primary N) is 1. The van der Waals surface area contributed by atoms with Crippen molar-refractivity contribution in [1.29, 1.82) is 0 Å². The third-order valence-electron chi connectivity index (χ3n) is 2.72. The second-order valence-electron chi connectivity index (χ2n) is 4.04. The smallest absolute Gasteiger partial charge is 0.158 e. The van der Waals surface area contributed by atoms with Gasteiger partial charge in [0.15, 0.2) is 5.82 Å². The lowest BCUT2D eigenvalue weighted by Gasteiger charge is -2.27. The number of hydrogen-bond acceptors (Lipinski definition) is 6. The van der Waals surface area contributed by atoms with Gasteiger partial charge in [-0.05, 0) is 6.92 Å². The third-order valence-corrected chi connectivity index (χ3v) is 3.99. The van der Waals surface area contributed by atoms with Crippen LogP contribution in [-0.2, 0) is 22.1 Å². The molecule has 0 radical (unpaired) electrons. The zero-order valence-electron chi connectivity index (χ0n) is 10.5. The first-order chi connectivity index (χ1) is 8.69. The Balaban J connectivity index is 2.11. The summed E-state index contributed by atoms with van der Waals surface area (Å²) in [6.45, 7) is 4.41. The van der Waals surface area contributed by atoms with Crippen molar-refractivity contribution in [3.8, 4) is 0 Å². The molecule has 18 heavy (non-hydrogen) atoms. The molecule has 0 bridgehead atoms. The van der Waals surface area contributed by atoms with Gasteiger partial charge in [0.2, 0.25) is 0 Å². The van der Waals surface area contributed by atoms with Gasteiger partial charge < -0.3 is 15.4 Å². The Hall–Kier alpha value is -1.21. The number of rotatable bonds is 4. The molecule has 100 valence electrons. The molecule has 2 rings (SSSR count). The lowest BCUT2D eigenvalue weighted by molar-refractivity contribution is 0.128. The van der Waals surface area contributed by atoms with Crippen LogP contribution in [0, 0.1) is 0 Å². The van der Waals surface area contributed by atoms with Gasteiger partial charge in [-0.1, -0.05) is 0 Å². The monoisotopic (exact) mass is 270 g/mol. The molecule has 0 aliphatic carbocycles. The number of nitrogen functional groups attached to an aromatic ring is 1. The van der Waals surface area contributed by atoms with Gasteiger partial charge in [0, 0.05) is 48.1 Å². The van der Waals surface area contributed by atoms with Crippen LogP contribution >= 0.6 is 0 Å². The van der Waals surface area contributed by atoms with Crippen LogP contribution in [0.15, 0.2) is 6.07 Å². The number of hydrogen-bond donors (Lipinski definition) is 1. The summed E-state index contributed by atoms with van der Waals surface area (Å²) in [5, 5.41) is 0. The summed E-state index contributed by atoms with van der Waals surface area (Å²) in [7, 11) is -0.691. The topological polar surface area (TPSA) is 81.3 Å². The van der Waals surface area contributed by atoms with Crippen LogP contribution in [0.5, 0.6) is 0 Å². The van der Waals surface area contributed by atoms with Crippen LogP contribution in [0.25, 0.3) is 0 Å². The molecule has 0 saturated carbocycles. The summed E-state index contributed by atoms with van der Waals surface area (Å²) >= 11 is 0. The van der Waals surface area contributed by atoms with E-state index in [2.05, 4.69) is 14.9 Å². The van der Waals surface area contributed by atoms with E-state index in [4.69, 9.17) is 10.5 Å². The Morgan fingerprint density at radius 2 is 2.17 bits per heavy atom. The average Bonchev–Trinajstić information content (AvgIpc) is 2.36. The summed E-state index contributed by atoms with van der Waals surface area (Å²) in [6, 6.07) is 1.75. The van der Waals surface area contributed by atoms with Gasteiger partial charge in [-0.25, -0.2) is 9.97 Å². The van der Waals surface area contributed by atoms with Gasteiger partial charge in [-0.15, -0.1) is 0 Å². The normalized spacial score (nSPS) is 17.1. The molecular weight excluding hydrogens is 252 g/mol. The van der Waals surface area contributed by atoms with E-state index in [0.29, 0.717) is 36.4 Å². The van der Waals surface area contributed by atoms with Crippen LogP contribution in [-0.4, -0.2) is 45.4 Å². The van der Waals surface area contributed by atoms with Crippen molar-refractivity contribution in [2.75, 3.05) is 41.8 Å². The van der Waals surface area contributed by atoms with Crippen molar-refractivity contribution in [3.05, 3.63) is 11.9 Å². The zero-order chi connectivity index (χ0) is 13.0. The Labute approximate surface area is 109 Å². The Morgan fingerprint density at radius 1 is 1.44 bits per heavy atom. The lowest BCUT2D eigenvalue weighted by atomic mass is 10.4. The van der Waals surface area contributed by atoms with E-state index >= 15 is 0 Å². The van der Waals surface area contributed by atoms with E-state index in [9.17, 15) is 4.21 Å². The first-order valence-electron chi connectivity index (χ1n) is 6.00. The lowest BCUT2D eigenvalue weighted by Crippen LogP contribution is -2.38. The van der Waals surface area contributed by atoms with E-state index in [0.717, 1.165) is 18.9 Å². The summed E-state index contributed by atoms with van der Waals surface area (Å²) < 4.78 is 16.6. The van der Waals surface area contributed by atoms with E-state index in [-0.39, 0.29) is 0 Å². The van der Waals surface area contributed by atoms with Gasteiger partial charge in [-0.3, -0.25) is 4.21 Å². The maximum atomic E-state index is 11.3. The van der Waals surface area contributed by atoms with Crippen molar-refractivity contribution >= 4 is 22.4 Å². The van der Waals surface area contributed by atoms with Crippen LogP contribution in [0.2, 0.25) is 0 Å². The van der Waals surface area contributed by atoms with Crippen LogP contribution in [0.3, 0.4) is 0 Å². The highest BCUT2D eigenvalue weighted by Crippen LogP contribution is 2.16. The van der Waals surface area contributed by atoms with Gasteiger partial charge >= 0.3 is 0 Å². The SMILES string of the molecule is CCOCc1nc(N)cc(N2CCS(=O)CC2)n1. The highest BCUT2D eigenvalue weighted by atomic mass is 32.2. The molecule has 7 heteroatoms. The summed E-state index contributed by atoms with van der Waals surface area (Å²) in [5.41, 5.74) is 5.77. The van der Waals surface area contributed by atoms with E-state index in [1.165, 1.54) is 0 Å². The van der Waals surface area contributed by atoms with Crippen molar-refractivity contribution in [3.63, 3.8) is 0 Å². The molecule has 0 unspecified atom stereocenters. The maximum absolute atomic E-state index is 11.3. The first kappa shape index (κ1) is 13.2. The maximum Gasteiger partial charge on any atom is 0.158 e. The molecule has 0 spiro atoms. The molecule has 2 heterocycles.